The summed E-state index contributed by atoms with van der Waals surface area (Å²) >= 11 is 0. The van der Waals surface area contributed by atoms with Gasteiger partial charge in [-0.3, -0.25) is 0 Å². The first-order valence-corrected chi connectivity index (χ1v) is 6.03. The van der Waals surface area contributed by atoms with Crippen LogP contribution in [0.5, 0.6) is 0 Å². The van der Waals surface area contributed by atoms with Crippen molar-refractivity contribution in [2.75, 3.05) is 26.7 Å². The molecule has 0 fully saturated rings. The molecular formula is C12H28N2. The van der Waals surface area contributed by atoms with Crippen molar-refractivity contribution >= 4 is 0 Å². The average molecular weight is 200 g/mol. The SMILES string of the molecule is CCN(CC)CCC(CC(C)C)NC. The van der Waals surface area contributed by atoms with Crippen molar-refractivity contribution in [3.05, 3.63) is 0 Å². The summed E-state index contributed by atoms with van der Waals surface area (Å²) in [6.45, 7) is 12.6. The van der Waals surface area contributed by atoms with E-state index in [1.54, 1.807) is 0 Å². The number of rotatable bonds is 8. The Balaban J connectivity index is 3.70. The molecule has 0 radical (unpaired) electrons. The Hall–Kier alpha value is -0.0800. The van der Waals surface area contributed by atoms with E-state index < -0.39 is 0 Å². The lowest BCUT2D eigenvalue weighted by Gasteiger charge is -2.23. The first kappa shape index (κ1) is 13.9. The third-order valence-corrected chi connectivity index (χ3v) is 2.85. The minimum absolute atomic E-state index is 0.690. The van der Waals surface area contributed by atoms with Crippen LogP contribution in [0.3, 0.4) is 0 Å². The van der Waals surface area contributed by atoms with Crippen LogP contribution in [0, 0.1) is 5.92 Å². The van der Waals surface area contributed by atoms with Gasteiger partial charge in [-0.05, 0) is 45.4 Å². The van der Waals surface area contributed by atoms with Crippen molar-refractivity contribution in [1.29, 1.82) is 0 Å². The maximum atomic E-state index is 3.41. The molecular weight excluding hydrogens is 172 g/mol. The lowest BCUT2D eigenvalue weighted by molar-refractivity contribution is 0.274. The van der Waals surface area contributed by atoms with Crippen LogP contribution in [0.4, 0.5) is 0 Å². The molecule has 2 nitrogen and oxygen atoms in total. The second kappa shape index (κ2) is 8.25. The van der Waals surface area contributed by atoms with Crippen LogP contribution in [0.15, 0.2) is 0 Å². The summed E-state index contributed by atoms with van der Waals surface area (Å²) in [7, 11) is 2.08. The first-order chi connectivity index (χ1) is 6.63. The number of hydrogen-bond acceptors (Lipinski definition) is 2. The van der Waals surface area contributed by atoms with E-state index in [2.05, 4.69) is 45.0 Å². The highest BCUT2D eigenvalue weighted by Crippen LogP contribution is 2.08. The molecule has 0 rings (SSSR count). The zero-order chi connectivity index (χ0) is 11.0. The highest BCUT2D eigenvalue weighted by Gasteiger charge is 2.09. The van der Waals surface area contributed by atoms with E-state index in [4.69, 9.17) is 0 Å². The standard InChI is InChI=1S/C12H28N2/c1-6-14(7-2)9-8-12(13-5)10-11(3)4/h11-13H,6-10H2,1-5H3. The topological polar surface area (TPSA) is 15.3 Å². The number of nitrogens with zero attached hydrogens (tertiary/aromatic N) is 1. The Morgan fingerprint density at radius 1 is 1.14 bits per heavy atom. The van der Waals surface area contributed by atoms with Gasteiger partial charge >= 0.3 is 0 Å². The first-order valence-electron chi connectivity index (χ1n) is 6.03. The molecule has 1 atom stereocenters. The van der Waals surface area contributed by atoms with Crippen LogP contribution in [0.1, 0.15) is 40.5 Å². The summed E-state index contributed by atoms with van der Waals surface area (Å²) in [5.74, 6) is 0.796. The average Bonchev–Trinajstić information content (AvgIpc) is 2.17. The predicted octanol–water partition coefficient (Wildman–Crippen LogP) is 2.35. The fourth-order valence-corrected chi connectivity index (χ4v) is 1.83. The summed E-state index contributed by atoms with van der Waals surface area (Å²) in [6.07, 6.45) is 2.56. The number of hydrogen-bond donors (Lipinski definition) is 1. The monoisotopic (exact) mass is 200 g/mol. The van der Waals surface area contributed by atoms with Gasteiger partial charge in [0.05, 0.1) is 0 Å². The molecule has 0 bridgehead atoms. The zero-order valence-corrected chi connectivity index (χ0v) is 10.6. The molecule has 0 spiro atoms. The molecule has 0 saturated carbocycles. The van der Waals surface area contributed by atoms with E-state index >= 15 is 0 Å². The minimum Gasteiger partial charge on any atom is -0.317 e. The van der Waals surface area contributed by atoms with Crippen LogP contribution in [0.25, 0.3) is 0 Å². The third kappa shape index (κ3) is 6.39. The summed E-state index contributed by atoms with van der Waals surface area (Å²) in [4.78, 5) is 2.49. The largest absolute Gasteiger partial charge is 0.317 e. The lowest BCUT2D eigenvalue weighted by atomic mass is 10.0. The van der Waals surface area contributed by atoms with Gasteiger partial charge < -0.3 is 10.2 Å². The molecule has 1 unspecified atom stereocenters. The Bertz CT molecular complexity index is 119. The molecule has 0 saturated heterocycles. The molecule has 0 aliphatic carbocycles. The molecule has 0 aromatic heterocycles. The van der Waals surface area contributed by atoms with Gasteiger partial charge in [0, 0.05) is 6.04 Å². The molecule has 0 aliphatic heterocycles. The molecule has 0 aromatic carbocycles. The Morgan fingerprint density at radius 3 is 2.07 bits per heavy atom. The summed E-state index contributed by atoms with van der Waals surface area (Å²) in [5, 5.41) is 3.41. The van der Waals surface area contributed by atoms with E-state index in [1.165, 1.54) is 32.5 Å². The zero-order valence-electron chi connectivity index (χ0n) is 10.6. The van der Waals surface area contributed by atoms with Crippen molar-refractivity contribution in [2.45, 2.75) is 46.6 Å². The predicted molar refractivity (Wildman–Crippen MR) is 64.7 cm³/mol. The fraction of sp³-hybridized carbons (Fsp3) is 1.00. The highest BCUT2D eigenvalue weighted by molar-refractivity contribution is 4.68. The lowest BCUT2D eigenvalue weighted by Crippen LogP contribution is -2.33. The van der Waals surface area contributed by atoms with Crippen LogP contribution < -0.4 is 5.32 Å². The van der Waals surface area contributed by atoms with Crippen LogP contribution in [-0.4, -0.2) is 37.6 Å². The van der Waals surface area contributed by atoms with Gasteiger partial charge in [-0.25, -0.2) is 0 Å². The van der Waals surface area contributed by atoms with Gasteiger partial charge in [-0.15, -0.1) is 0 Å². The quantitative estimate of drug-likeness (QED) is 0.647. The third-order valence-electron chi connectivity index (χ3n) is 2.85. The molecule has 86 valence electrons. The van der Waals surface area contributed by atoms with Gasteiger partial charge in [-0.1, -0.05) is 27.7 Å². The van der Waals surface area contributed by atoms with Gasteiger partial charge in [0.1, 0.15) is 0 Å². The molecule has 1 N–H and O–H groups in total. The smallest absolute Gasteiger partial charge is 0.00786 e. The Morgan fingerprint density at radius 2 is 1.71 bits per heavy atom. The van der Waals surface area contributed by atoms with Crippen LogP contribution in [0.2, 0.25) is 0 Å². The maximum absolute atomic E-state index is 3.41. The molecule has 2 heteroatoms. The molecule has 0 heterocycles. The molecule has 0 amide bonds. The maximum Gasteiger partial charge on any atom is 0.00786 e. The van der Waals surface area contributed by atoms with E-state index in [0.717, 1.165) is 5.92 Å². The number of nitrogens with one attached hydrogen (secondary N) is 1. The minimum atomic E-state index is 0.690. The molecule has 0 aliphatic rings. The second-order valence-electron chi connectivity index (χ2n) is 4.43. The van der Waals surface area contributed by atoms with Gasteiger partial charge in [0.2, 0.25) is 0 Å². The van der Waals surface area contributed by atoms with Crippen molar-refractivity contribution in [3.63, 3.8) is 0 Å². The summed E-state index contributed by atoms with van der Waals surface area (Å²) in [5.41, 5.74) is 0. The summed E-state index contributed by atoms with van der Waals surface area (Å²) in [6, 6.07) is 0.690. The molecule has 14 heavy (non-hydrogen) atoms. The summed E-state index contributed by atoms with van der Waals surface area (Å²) < 4.78 is 0. The Kier molecular flexibility index (Phi) is 8.20. The van der Waals surface area contributed by atoms with Crippen molar-refractivity contribution in [1.82, 2.24) is 10.2 Å². The van der Waals surface area contributed by atoms with Crippen molar-refractivity contribution in [2.24, 2.45) is 5.92 Å². The van der Waals surface area contributed by atoms with E-state index in [1.807, 2.05) is 0 Å². The normalized spacial score (nSPS) is 13.9. The Labute approximate surface area is 90.1 Å². The van der Waals surface area contributed by atoms with E-state index in [-0.39, 0.29) is 0 Å². The van der Waals surface area contributed by atoms with Crippen LogP contribution >= 0.6 is 0 Å². The highest BCUT2D eigenvalue weighted by atomic mass is 15.1. The molecule has 0 aromatic rings. The van der Waals surface area contributed by atoms with Gasteiger partial charge in [0.15, 0.2) is 0 Å². The van der Waals surface area contributed by atoms with E-state index in [9.17, 15) is 0 Å². The fourth-order valence-electron chi connectivity index (χ4n) is 1.83. The van der Waals surface area contributed by atoms with Crippen LogP contribution in [-0.2, 0) is 0 Å². The van der Waals surface area contributed by atoms with Crippen molar-refractivity contribution < 1.29 is 0 Å². The van der Waals surface area contributed by atoms with Crippen molar-refractivity contribution in [3.8, 4) is 0 Å². The van der Waals surface area contributed by atoms with Gasteiger partial charge in [0.25, 0.3) is 0 Å². The second-order valence-corrected chi connectivity index (χ2v) is 4.43. The van der Waals surface area contributed by atoms with E-state index in [0.29, 0.717) is 6.04 Å². The van der Waals surface area contributed by atoms with Gasteiger partial charge in [-0.2, -0.15) is 0 Å².